The Labute approximate surface area is 176 Å². The van der Waals surface area contributed by atoms with E-state index in [-0.39, 0.29) is 30.4 Å². The molecular weight excluding hydrogens is 413 g/mol. The monoisotopic (exact) mass is 432 g/mol. The van der Waals surface area contributed by atoms with Crippen molar-refractivity contribution in [2.75, 3.05) is 25.7 Å². The number of ether oxygens (including phenoxy) is 2. The van der Waals surface area contributed by atoms with Gasteiger partial charge in [-0.2, -0.15) is 13.2 Å². The van der Waals surface area contributed by atoms with E-state index in [2.05, 4.69) is 15.0 Å². The van der Waals surface area contributed by atoms with E-state index in [9.17, 15) is 18.3 Å². The smallest absolute Gasteiger partial charge is 0.433 e. The van der Waals surface area contributed by atoms with Crippen molar-refractivity contribution < 1.29 is 27.8 Å². The van der Waals surface area contributed by atoms with E-state index in [0.717, 1.165) is 6.07 Å². The van der Waals surface area contributed by atoms with Crippen molar-refractivity contribution in [3.05, 3.63) is 59.4 Å². The van der Waals surface area contributed by atoms with Crippen molar-refractivity contribution in [2.45, 2.75) is 18.8 Å². The summed E-state index contributed by atoms with van der Waals surface area (Å²) in [7, 11) is 2.97. The van der Waals surface area contributed by atoms with Gasteiger partial charge in [-0.05, 0) is 24.3 Å². The van der Waals surface area contributed by atoms with Crippen molar-refractivity contribution in [1.82, 2.24) is 15.0 Å². The fraction of sp³-hybridized carbons (Fsp3) is 0.286. The normalized spacial score (nSPS) is 16.1. The highest BCUT2D eigenvalue weighted by Crippen LogP contribution is 2.41. The zero-order valence-electron chi connectivity index (χ0n) is 16.7. The second-order valence-corrected chi connectivity index (χ2v) is 6.91. The number of aliphatic hydroxyl groups is 1. The molecule has 1 aliphatic rings. The Morgan fingerprint density at radius 2 is 1.81 bits per heavy atom. The molecule has 0 fully saturated rings. The van der Waals surface area contributed by atoms with E-state index in [0.29, 0.717) is 22.6 Å². The fourth-order valence-corrected chi connectivity index (χ4v) is 3.60. The topological polar surface area (TPSA) is 80.6 Å². The summed E-state index contributed by atoms with van der Waals surface area (Å²) >= 11 is 0. The molecule has 4 rings (SSSR count). The van der Waals surface area contributed by atoms with Crippen LogP contribution in [-0.2, 0) is 12.7 Å². The highest BCUT2D eigenvalue weighted by molar-refractivity contribution is 5.58. The van der Waals surface area contributed by atoms with Crippen LogP contribution in [0.4, 0.5) is 19.0 Å². The van der Waals surface area contributed by atoms with Crippen molar-refractivity contribution >= 4 is 5.82 Å². The third-order valence-corrected chi connectivity index (χ3v) is 5.01. The van der Waals surface area contributed by atoms with Gasteiger partial charge in [-0.25, -0.2) is 9.97 Å². The van der Waals surface area contributed by atoms with Crippen LogP contribution in [0.5, 0.6) is 11.5 Å². The Bertz CT molecular complexity index is 1090. The molecule has 0 saturated carbocycles. The van der Waals surface area contributed by atoms with Crippen molar-refractivity contribution in [3.63, 3.8) is 0 Å². The summed E-state index contributed by atoms with van der Waals surface area (Å²) in [4.78, 5) is 13.6. The fourth-order valence-electron chi connectivity index (χ4n) is 3.60. The Balaban J connectivity index is 1.82. The number of hydrogen-bond donors (Lipinski definition) is 1. The first-order valence-corrected chi connectivity index (χ1v) is 9.36. The number of aromatic nitrogens is 3. The lowest BCUT2D eigenvalue weighted by Crippen LogP contribution is -2.35. The zero-order valence-corrected chi connectivity index (χ0v) is 16.7. The Morgan fingerprint density at radius 3 is 2.45 bits per heavy atom. The van der Waals surface area contributed by atoms with Gasteiger partial charge in [-0.3, -0.25) is 4.98 Å². The minimum Gasteiger partial charge on any atom is -0.496 e. The van der Waals surface area contributed by atoms with Gasteiger partial charge in [0, 0.05) is 29.9 Å². The van der Waals surface area contributed by atoms with Crippen LogP contribution in [0.2, 0.25) is 0 Å². The Morgan fingerprint density at radius 1 is 1.06 bits per heavy atom. The molecule has 0 saturated heterocycles. The number of β-amino-alcohol motifs (C(OH)–C–C–N with tert-alkyl or cyclic N) is 1. The second-order valence-electron chi connectivity index (χ2n) is 6.91. The summed E-state index contributed by atoms with van der Waals surface area (Å²) in [6.45, 7) is 0.190. The summed E-state index contributed by atoms with van der Waals surface area (Å²) in [6, 6.07) is 9.07. The van der Waals surface area contributed by atoms with Crippen LogP contribution in [-0.4, -0.2) is 40.8 Å². The first-order chi connectivity index (χ1) is 14.8. The molecular formula is C21H19F3N4O3. The van der Waals surface area contributed by atoms with Crippen LogP contribution in [0, 0.1) is 0 Å². The molecule has 0 bridgehead atoms. The minimum absolute atomic E-state index is 0.0203. The summed E-state index contributed by atoms with van der Waals surface area (Å²) in [5, 5.41) is 10.8. The number of anilines is 1. The molecule has 3 aromatic rings. The number of pyridine rings is 1. The summed E-state index contributed by atoms with van der Waals surface area (Å²) < 4.78 is 51.4. The molecule has 3 heterocycles. The van der Waals surface area contributed by atoms with Gasteiger partial charge in [0.25, 0.3) is 0 Å². The minimum atomic E-state index is -4.67. The molecule has 1 aliphatic heterocycles. The molecule has 7 nitrogen and oxygen atoms in total. The average Bonchev–Trinajstić information content (AvgIpc) is 2.78. The molecule has 1 aromatic carbocycles. The van der Waals surface area contributed by atoms with Crippen molar-refractivity contribution in [3.8, 4) is 23.0 Å². The largest absolute Gasteiger partial charge is 0.496 e. The maximum atomic E-state index is 13.5. The van der Waals surface area contributed by atoms with Crippen molar-refractivity contribution in [2.24, 2.45) is 0 Å². The molecule has 0 radical (unpaired) electrons. The van der Waals surface area contributed by atoms with E-state index in [1.54, 1.807) is 29.2 Å². The van der Waals surface area contributed by atoms with E-state index in [1.165, 1.54) is 26.5 Å². The molecule has 0 spiro atoms. The molecule has 1 unspecified atom stereocenters. The van der Waals surface area contributed by atoms with Crippen LogP contribution in [0.3, 0.4) is 0 Å². The number of alkyl halides is 3. The lowest BCUT2D eigenvalue weighted by molar-refractivity contribution is -0.141. The Kier molecular flexibility index (Phi) is 5.40. The SMILES string of the molecule is COc1ccc(OC)c2c1CN(c1cc(C(F)(F)F)nc(-c3ccccn3)n1)CC2O. The van der Waals surface area contributed by atoms with Crippen LogP contribution in [0.25, 0.3) is 11.5 Å². The average molecular weight is 432 g/mol. The maximum absolute atomic E-state index is 13.5. The van der Waals surface area contributed by atoms with Gasteiger partial charge in [0.2, 0.25) is 0 Å². The van der Waals surface area contributed by atoms with Gasteiger partial charge in [-0.1, -0.05) is 6.07 Å². The number of methoxy groups -OCH3 is 2. The standard InChI is InChI=1S/C21H19F3N4O3/c1-30-15-6-7-16(31-2)19-12(15)10-28(11-14(19)29)18-9-17(21(22,23)24)26-20(27-18)13-5-3-4-8-25-13/h3-9,14,29H,10-11H2,1-2H3. The zero-order chi connectivity index (χ0) is 22.2. The highest BCUT2D eigenvalue weighted by Gasteiger charge is 2.36. The van der Waals surface area contributed by atoms with E-state index in [1.807, 2.05) is 0 Å². The molecule has 10 heteroatoms. The lowest BCUT2D eigenvalue weighted by atomic mass is 9.95. The maximum Gasteiger partial charge on any atom is 0.433 e. The summed E-state index contributed by atoms with van der Waals surface area (Å²) in [5.41, 5.74) is 0.295. The van der Waals surface area contributed by atoms with Gasteiger partial charge in [-0.15, -0.1) is 0 Å². The van der Waals surface area contributed by atoms with Gasteiger partial charge in [0.15, 0.2) is 11.5 Å². The van der Waals surface area contributed by atoms with Crippen LogP contribution >= 0.6 is 0 Å². The number of aliphatic hydroxyl groups excluding tert-OH is 1. The predicted octanol–water partition coefficient (Wildman–Crippen LogP) is 3.63. The highest BCUT2D eigenvalue weighted by atomic mass is 19.4. The van der Waals surface area contributed by atoms with Crippen LogP contribution in [0.1, 0.15) is 22.9 Å². The number of rotatable bonds is 4. The number of fused-ring (bicyclic) bond motifs is 1. The van der Waals surface area contributed by atoms with E-state index >= 15 is 0 Å². The third-order valence-electron chi connectivity index (χ3n) is 5.01. The first kappa shape index (κ1) is 20.9. The molecule has 31 heavy (non-hydrogen) atoms. The molecule has 162 valence electrons. The van der Waals surface area contributed by atoms with Gasteiger partial charge in [0.05, 0.1) is 20.8 Å². The van der Waals surface area contributed by atoms with E-state index in [4.69, 9.17) is 9.47 Å². The number of nitrogens with zero attached hydrogens (tertiary/aromatic N) is 4. The van der Waals surface area contributed by atoms with Gasteiger partial charge < -0.3 is 19.5 Å². The number of halogens is 3. The lowest BCUT2D eigenvalue weighted by Gasteiger charge is -2.35. The quantitative estimate of drug-likeness (QED) is 0.674. The predicted molar refractivity (Wildman–Crippen MR) is 106 cm³/mol. The van der Waals surface area contributed by atoms with E-state index < -0.39 is 18.0 Å². The molecule has 1 N–H and O–H groups in total. The first-order valence-electron chi connectivity index (χ1n) is 9.36. The van der Waals surface area contributed by atoms with Crippen molar-refractivity contribution in [1.29, 1.82) is 0 Å². The molecule has 0 amide bonds. The third kappa shape index (κ3) is 3.98. The molecule has 1 atom stereocenters. The molecule has 2 aromatic heterocycles. The number of hydrogen-bond acceptors (Lipinski definition) is 7. The van der Waals surface area contributed by atoms with Crippen LogP contribution in [0.15, 0.2) is 42.6 Å². The number of benzene rings is 1. The van der Waals surface area contributed by atoms with Gasteiger partial charge in [0.1, 0.15) is 29.1 Å². The Hall–Kier alpha value is -3.40. The molecule has 0 aliphatic carbocycles. The second kappa shape index (κ2) is 8.03. The van der Waals surface area contributed by atoms with Crippen LogP contribution < -0.4 is 14.4 Å². The van der Waals surface area contributed by atoms with Gasteiger partial charge >= 0.3 is 6.18 Å². The summed E-state index contributed by atoms with van der Waals surface area (Å²) in [5.74, 6) is 0.853. The summed E-state index contributed by atoms with van der Waals surface area (Å²) in [6.07, 6.45) is -4.23.